The molecule has 0 aliphatic rings. The molecule has 0 fully saturated rings. The van der Waals surface area contributed by atoms with Gasteiger partial charge in [-0.2, -0.15) is 0 Å². The van der Waals surface area contributed by atoms with Crippen LogP contribution in [0.4, 0.5) is 0 Å². The zero-order valence-corrected chi connectivity index (χ0v) is 37.1. The lowest BCUT2D eigenvalue weighted by atomic mass is 9.89. The minimum Gasteiger partial charge on any atom is -0.477 e. The fraction of sp³-hybridized carbons (Fsp3) is 0.978. The first-order chi connectivity index (χ1) is 26.4. The van der Waals surface area contributed by atoms with Gasteiger partial charge in [-0.3, -0.25) is 0 Å². The van der Waals surface area contributed by atoms with Crippen LogP contribution in [0.25, 0.3) is 0 Å². The third-order valence-electron chi connectivity index (χ3n) is 10.5. The largest absolute Gasteiger partial charge is 0.477 e. The van der Waals surface area contributed by atoms with E-state index in [9.17, 15) is 9.90 Å². The van der Waals surface area contributed by atoms with E-state index < -0.39 is 23.3 Å². The second kappa shape index (κ2) is 36.6. The second-order valence-electron chi connectivity index (χ2n) is 15.6. The molecular formula is C46H92O8. The quantitative estimate of drug-likeness (QED) is 0.0483. The van der Waals surface area contributed by atoms with E-state index in [0.717, 1.165) is 83.5 Å². The highest BCUT2D eigenvalue weighted by Crippen LogP contribution is 2.48. The molecule has 0 aliphatic heterocycles. The van der Waals surface area contributed by atoms with Crippen molar-refractivity contribution in [3.63, 3.8) is 0 Å². The highest BCUT2D eigenvalue weighted by Gasteiger charge is 2.74. The maximum atomic E-state index is 13.9. The molecule has 0 bridgehead atoms. The normalized spacial score (nSPS) is 12.6. The Hall–Kier alpha value is -0.770. The van der Waals surface area contributed by atoms with Gasteiger partial charge in [0.25, 0.3) is 5.79 Å². The van der Waals surface area contributed by atoms with Crippen molar-refractivity contribution in [2.24, 2.45) is 0 Å². The van der Waals surface area contributed by atoms with Gasteiger partial charge in [-0.1, -0.05) is 183 Å². The Labute approximate surface area is 335 Å². The Morgan fingerprint density at radius 1 is 0.352 bits per heavy atom. The first kappa shape index (κ1) is 53.2. The molecule has 0 aromatic heterocycles. The second-order valence-corrected chi connectivity index (χ2v) is 15.6. The summed E-state index contributed by atoms with van der Waals surface area (Å²) in [6.07, 6.45) is 30.5. The van der Waals surface area contributed by atoms with Gasteiger partial charge < -0.3 is 33.5 Å². The van der Waals surface area contributed by atoms with Gasteiger partial charge in [0, 0.05) is 6.42 Å². The first-order valence-electron chi connectivity index (χ1n) is 23.4. The van der Waals surface area contributed by atoms with E-state index in [1.807, 2.05) is 0 Å². The first-order valence-corrected chi connectivity index (χ1v) is 23.4. The zero-order valence-electron chi connectivity index (χ0n) is 37.1. The number of carboxylic acid groups (broad SMARTS) is 1. The average molecular weight is 773 g/mol. The molecule has 0 saturated heterocycles. The van der Waals surface area contributed by atoms with Crippen LogP contribution < -0.4 is 0 Å². The molecule has 0 heterocycles. The predicted molar refractivity (Wildman–Crippen MR) is 225 cm³/mol. The van der Waals surface area contributed by atoms with Crippen LogP contribution in [0.2, 0.25) is 0 Å². The van der Waals surface area contributed by atoms with Crippen LogP contribution in [0.5, 0.6) is 0 Å². The smallest absolute Gasteiger partial charge is 0.370 e. The molecule has 0 saturated carbocycles. The monoisotopic (exact) mass is 773 g/mol. The van der Waals surface area contributed by atoms with Gasteiger partial charge in [-0.25, -0.2) is 4.79 Å². The van der Waals surface area contributed by atoms with Gasteiger partial charge >= 0.3 is 11.8 Å². The van der Waals surface area contributed by atoms with Crippen molar-refractivity contribution in [3.8, 4) is 0 Å². The van der Waals surface area contributed by atoms with Crippen LogP contribution in [-0.4, -0.2) is 68.1 Å². The lowest BCUT2D eigenvalue weighted by molar-refractivity contribution is -0.488. The maximum Gasteiger partial charge on any atom is 0.370 e. The lowest BCUT2D eigenvalue weighted by Gasteiger charge is -2.54. The fourth-order valence-corrected chi connectivity index (χ4v) is 6.85. The molecule has 0 atom stereocenters. The summed E-state index contributed by atoms with van der Waals surface area (Å²) in [5, 5.41) is 11.4. The van der Waals surface area contributed by atoms with Crippen LogP contribution in [0.3, 0.4) is 0 Å². The lowest BCUT2D eigenvalue weighted by Crippen LogP contribution is -2.76. The van der Waals surface area contributed by atoms with Crippen LogP contribution in [0.15, 0.2) is 0 Å². The number of carboxylic acids is 1. The van der Waals surface area contributed by atoms with Crippen molar-refractivity contribution in [3.05, 3.63) is 0 Å². The Morgan fingerprint density at radius 2 is 0.611 bits per heavy atom. The third kappa shape index (κ3) is 21.1. The summed E-state index contributed by atoms with van der Waals surface area (Å²) in [5.41, 5.74) is 0. The number of unbranched alkanes of at least 4 members (excludes halogenated alkanes) is 21. The summed E-state index contributed by atoms with van der Waals surface area (Å²) in [5.74, 6) is -7.13. The van der Waals surface area contributed by atoms with E-state index in [-0.39, 0.29) is 26.4 Å². The summed E-state index contributed by atoms with van der Waals surface area (Å²) < 4.78 is 40.7. The molecule has 0 spiro atoms. The molecule has 54 heavy (non-hydrogen) atoms. The molecule has 8 heteroatoms. The Bertz CT molecular complexity index is 776. The van der Waals surface area contributed by atoms with Gasteiger partial charge in [0.15, 0.2) is 0 Å². The minimum absolute atomic E-state index is 0.185. The molecule has 324 valence electrons. The van der Waals surface area contributed by atoms with Crippen molar-refractivity contribution in [2.45, 2.75) is 252 Å². The van der Waals surface area contributed by atoms with Crippen LogP contribution in [0, 0.1) is 0 Å². The summed E-state index contributed by atoms with van der Waals surface area (Å²) >= 11 is 0. The number of ether oxygens (including phenoxy) is 6. The molecule has 0 amide bonds. The van der Waals surface area contributed by atoms with E-state index in [2.05, 4.69) is 48.5 Å². The zero-order chi connectivity index (χ0) is 40.1. The molecule has 0 aromatic rings. The fourth-order valence-electron chi connectivity index (χ4n) is 6.85. The van der Waals surface area contributed by atoms with Gasteiger partial charge in [0.05, 0.1) is 39.6 Å². The Kier molecular flexibility index (Phi) is 36.0. The standard InChI is InChI=1S/C46H92O8/c1-8-15-22-23-24-25-26-27-28-29-30-31-32-33-34-35-36-44(49-37-16-9-2,50-38-17-10-3)46(53-41-20-13-6,54-42-21-14-7)45(43(47)48,51-39-18-11-4)52-40-19-12-5/h8-42H2,1-7H3,(H,47,48). The van der Waals surface area contributed by atoms with E-state index in [4.69, 9.17) is 28.4 Å². The third-order valence-corrected chi connectivity index (χ3v) is 10.5. The highest BCUT2D eigenvalue weighted by molar-refractivity contribution is 5.77. The van der Waals surface area contributed by atoms with E-state index >= 15 is 0 Å². The van der Waals surface area contributed by atoms with Crippen molar-refractivity contribution >= 4 is 5.97 Å². The molecule has 0 aliphatic carbocycles. The number of rotatable bonds is 44. The molecule has 1 N–H and O–H groups in total. The van der Waals surface area contributed by atoms with E-state index in [1.54, 1.807) is 0 Å². The van der Waals surface area contributed by atoms with Crippen molar-refractivity contribution < 1.29 is 38.3 Å². The highest BCUT2D eigenvalue weighted by atomic mass is 16.8. The molecule has 0 unspecified atom stereocenters. The van der Waals surface area contributed by atoms with Crippen molar-refractivity contribution in [1.82, 2.24) is 0 Å². The Balaban J connectivity index is 6.41. The van der Waals surface area contributed by atoms with Crippen LogP contribution >= 0.6 is 0 Å². The Morgan fingerprint density at radius 3 is 0.907 bits per heavy atom. The molecule has 8 nitrogen and oxygen atoms in total. The average Bonchev–Trinajstić information content (AvgIpc) is 3.16. The van der Waals surface area contributed by atoms with Gasteiger partial charge in [-0.15, -0.1) is 0 Å². The number of hydrogen-bond donors (Lipinski definition) is 1. The van der Waals surface area contributed by atoms with E-state index in [1.165, 1.54) is 83.5 Å². The minimum atomic E-state index is -2.30. The van der Waals surface area contributed by atoms with Gasteiger partial charge in [-0.05, 0) is 44.9 Å². The summed E-state index contributed by atoms with van der Waals surface area (Å²) in [7, 11) is 0. The van der Waals surface area contributed by atoms with Crippen molar-refractivity contribution in [1.29, 1.82) is 0 Å². The summed E-state index contributed by atoms with van der Waals surface area (Å²) in [6.45, 7) is 16.5. The topological polar surface area (TPSA) is 92.7 Å². The molecule has 0 aromatic carbocycles. The number of carbonyl (C=O) groups is 1. The van der Waals surface area contributed by atoms with Gasteiger partial charge in [0.1, 0.15) is 0 Å². The number of aliphatic carboxylic acids is 1. The molecular weight excluding hydrogens is 680 g/mol. The van der Waals surface area contributed by atoms with Crippen LogP contribution in [-0.2, 0) is 33.2 Å². The number of hydrogen-bond acceptors (Lipinski definition) is 7. The molecule has 0 radical (unpaired) electrons. The maximum absolute atomic E-state index is 13.9. The summed E-state index contributed by atoms with van der Waals surface area (Å²) in [4.78, 5) is 13.9. The van der Waals surface area contributed by atoms with Crippen LogP contribution in [0.1, 0.15) is 235 Å². The van der Waals surface area contributed by atoms with E-state index in [0.29, 0.717) is 32.5 Å². The SMILES string of the molecule is CCCCCCCCCCCCCCCCCCC(OCCCC)(OCCCC)C(OCCCC)(OCCCC)C(OCCCC)(OCCCC)C(=O)O. The predicted octanol–water partition coefficient (Wildman–Crippen LogP) is 13.7. The molecule has 0 rings (SSSR count). The summed E-state index contributed by atoms with van der Waals surface area (Å²) in [6, 6.07) is 0. The van der Waals surface area contributed by atoms with Crippen molar-refractivity contribution in [2.75, 3.05) is 39.6 Å². The van der Waals surface area contributed by atoms with Gasteiger partial charge in [0.2, 0.25) is 5.79 Å².